The molecule has 23 heavy (non-hydrogen) atoms. The molecule has 3 N–H and O–H groups in total. The topological polar surface area (TPSA) is 65.1 Å². The number of carboxylic acids is 1. The summed E-state index contributed by atoms with van der Waals surface area (Å²) in [5, 5.41) is 13.8. The summed E-state index contributed by atoms with van der Waals surface area (Å²) in [5.41, 5.74) is 5.54. The summed E-state index contributed by atoms with van der Waals surface area (Å²) >= 11 is 0. The van der Waals surface area contributed by atoms with E-state index in [0.717, 1.165) is 28.6 Å². The summed E-state index contributed by atoms with van der Waals surface area (Å²) in [6.45, 7) is 8.27. The molecule has 1 aromatic carbocycles. The second-order valence-corrected chi connectivity index (χ2v) is 7.17. The lowest BCUT2D eigenvalue weighted by molar-refractivity contribution is -0.140. The quantitative estimate of drug-likeness (QED) is 0.760. The first-order valence-corrected chi connectivity index (χ1v) is 8.06. The maximum atomic E-state index is 11.5. The van der Waals surface area contributed by atoms with Gasteiger partial charge in [-0.3, -0.25) is 10.1 Å². The zero-order valence-corrected chi connectivity index (χ0v) is 14.2. The zero-order chi connectivity index (χ0) is 16.8. The maximum absolute atomic E-state index is 11.5. The molecule has 2 heterocycles. The second-order valence-electron chi connectivity index (χ2n) is 7.17. The first kappa shape index (κ1) is 15.8. The van der Waals surface area contributed by atoms with E-state index < -0.39 is 12.0 Å². The van der Waals surface area contributed by atoms with E-state index in [1.54, 1.807) is 0 Å². The smallest absolute Gasteiger partial charge is 0.321 e. The Morgan fingerprint density at radius 3 is 2.78 bits per heavy atom. The predicted molar refractivity (Wildman–Crippen MR) is 92.7 cm³/mol. The van der Waals surface area contributed by atoms with E-state index in [2.05, 4.69) is 48.4 Å². The van der Waals surface area contributed by atoms with E-state index in [1.165, 1.54) is 11.1 Å². The minimum absolute atomic E-state index is 0.385. The molecule has 0 aliphatic carbocycles. The third-order valence-electron chi connectivity index (χ3n) is 4.62. The Bertz CT molecular complexity index is 795. The van der Waals surface area contributed by atoms with Crippen LogP contribution in [0.4, 0.5) is 0 Å². The molecule has 0 radical (unpaired) electrons. The number of fused-ring (bicyclic) bond motifs is 3. The van der Waals surface area contributed by atoms with Crippen molar-refractivity contribution in [1.29, 1.82) is 0 Å². The fourth-order valence-electron chi connectivity index (χ4n) is 3.48. The minimum Gasteiger partial charge on any atom is -0.480 e. The Morgan fingerprint density at radius 1 is 1.39 bits per heavy atom. The Hall–Kier alpha value is -2.07. The summed E-state index contributed by atoms with van der Waals surface area (Å²) in [6.07, 6.45) is 3.62. The molecule has 0 fully saturated rings. The highest BCUT2D eigenvalue weighted by Gasteiger charge is 2.37. The molecule has 0 saturated heterocycles. The number of aromatic nitrogens is 1. The molecule has 0 bridgehead atoms. The SMILES string of the molecule is CC(C)=CCc1cccc2c3c([nH]c12)C(C)(C)N[C@H](C(=O)O)C3. The number of nitrogens with one attached hydrogen (secondary N) is 2. The molecule has 2 aromatic rings. The highest BCUT2D eigenvalue weighted by atomic mass is 16.4. The average molecular weight is 312 g/mol. The van der Waals surface area contributed by atoms with Crippen LogP contribution in [0, 0.1) is 0 Å². The van der Waals surface area contributed by atoms with Crippen LogP contribution in [-0.2, 0) is 23.2 Å². The van der Waals surface area contributed by atoms with Gasteiger partial charge in [-0.2, -0.15) is 0 Å². The molecular weight excluding hydrogens is 288 g/mol. The molecule has 1 aliphatic rings. The van der Waals surface area contributed by atoms with Crippen LogP contribution in [0.5, 0.6) is 0 Å². The molecule has 0 unspecified atom stereocenters. The summed E-state index contributed by atoms with van der Waals surface area (Å²) in [4.78, 5) is 15.0. The van der Waals surface area contributed by atoms with Crippen molar-refractivity contribution in [2.75, 3.05) is 0 Å². The van der Waals surface area contributed by atoms with Crippen LogP contribution in [0.15, 0.2) is 29.8 Å². The molecule has 0 saturated carbocycles. The fourth-order valence-corrected chi connectivity index (χ4v) is 3.48. The zero-order valence-electron chi connectivity index (χ0n) is 14.2. The van der Waals surface area contributed by atoms with Crippen molar-refractivity contribution in [3.8, 4) is 0 Å². The number of carbonyl (C=O) groups is 1. The molecule has 0 amide bonds. The van der Waals surface area contributed by atoms with Gasteiger partial charge in [-0.25, -0.2) is 0 Å². The van der Waals surface area contributed by atoms with Gasteiger partial charge >= 0.3 is 5.97 Å². The lowest BCUT2D eigenvalue weighted by atomic mass is 9.86. The maximum Gasteiger partial charge on any atom is 0.321 e. The van der Waals surface area contributed by atoms with E-state index >= 15 is 0 Å². The number of benzene rings is 1. The third kappa shape index (κ3) is 2.79. The molecule has 122 valence electrons. The van der Waals surface area contributed by atoms with Crippen LogP contribution < -0.4 is 5.32 Å². The van der Waals surface area contributed by atoms with Crippen molar-refractivity contribution in [1.82, 2.24) is 10.3 Å². The van der Waals surface area contributed by atoms with Gasteiger partial charge in [-0.1, -0.05) is 29.8 Å². The normalized spacial score (nSPS) is 19.4. The summed E-state index contributed by atoms with van der Waals surface area (Å²) < 4.78 is 0. The number of hydrogen-bond acceptors (Lipinski definition) is 2. The number of allylic oxidation sites excluding steroid dienone is 2. The molecule has 1 atom stereocenters. The number of aromatic amines is 1. The van der Waals surface area contributed by atoms with Gasteiger partial charge in [0.25, 0.3) is 0 Å². The summed E-state index contributed by atoms with van der Waals surface area (Å²) in [5.74, 6) is -0.793. The number of H-pyrrole nitrogens is 1. The van der Waals surface area contributed by atoms with Crippen molar-refractivity contribution >= 4 is 16.9 Å². The van der Waals surface area contributed by atoms with E-state index in [0.29, 0.717) is 6.42 Å². The lowest BCUT2D eigenvalue weighted by Crippen LogP contribution is -2.52. The highest BCUT2D eigenvalue weighted by Crippen LogP contribution is 2.36. The predicted octanol–water partition coefficient (Wildman–Crippen LogP) is 3.51. The minimum atomic E-state index is -0.793. The van der Waals surface area contributed by atoms with Crippen LogP contribution in [-0.4, -0.2) is 22.1 Å². The van der Waals surface area contributed by atoms with Gasteiger partial charge in [-0.05, 0) is 45.2 Å². The van der Waals surface area contributed by atoms with Crippen LogP contribution in [0.1, 0.15) is 44.5 Å². The van der Waals surface area contributed by atoms with E-state index in [9.17, 15) is 9.90 Å². The van der Waals surface area contributed by atoms with Crippen molar-refractivity contribution in [3.63, 3.8) is 0 Å². The van der Waals surface area contributed by atoms with Crippen LogP contribution in [0.2, 0.25) is 0 Å². The number of hydrogen-bond donors (Lipinski definition) is 3. The Morgan fingerprint density at radius 2 is 2.13 bits per heavy atom. The van der Waals surface area contributed by atoms with E-state index in [1.807, 2.05) is 13.8 Å². The molecule has 4 heteroatoms. The van der Waals surface area contributed by atoms with Gasteiger partial charge in [0, 0.05) is 23.0 Å². The Kier molecular flexibility index (Phi) is 3.80. The monoisotopic (exact) mass is 312 g/mol. The number of carboxylic acid groups (broad SMARTS) is 1. The summed E-state index contributed by atoms with van der Waals surface area (Å²) in [6, 6.07) is 5.75. The number of rotatable bonds is 3. The summed E-state index contributed by atoms with van der Waals surface area (Å²) in [7, 11) is 0. The first-order chi connectivity index (χ1) is 10.8. The van der Waals surface area contributed by atoms with Crippen molar-refractivity contribution in [3.05, 3.63) is 46.7 Å². The van der Waals surface area contributed by atoms with Gasteiger partial charge in [-0.15, -0.1) is 0 Å². The second kappa shape index (κ2) is 5.53. The van der Waals surface area contributed by atoms with Gasteiger partial charge in [0.05, 0.1) is 5.54 Å². The Balaban J connectivity index is 2.15. The Labute approximate surface area is 136 Å². The first-order valence-electron chi connectivity index (χ1n) is 8.06. The molecule has 3 rings (SSSR count). The van der Waals surface area contributed by atoms with Crippen LogP contribution in [0.3, 0.4) is 0 Å². The molecule has 0 spiro atoms. The molecule has 1 aliphatic heterocycles. The van der Waals surface area contributed by atoms with Gasteiger partial charge in [0.15, 0.2) is 0 Å². The van der Waals surface area contributed by atoms with Crippen molar-refractivity contribution in [2.24, 2.45) is 0 Å². The number of aliphatic carboxylic acids is 1. The average Bonchev–Trinajstić information content (AvgIpc) is 2.85. The van der Waals surface area contributed by atoms with Gasteiger partial charge in [0.2, 0.25) is 0 Å². The molecule has 4 nitrogen and oxygen atoms in total. The number of para-hydroxylation sites is 1. The van der Waals surface area contributed by atoms with Crippen LogP contribution in [0.25, 0.3) is 10.9 Å². The fraction of sp³-hybridized carbons (Fsp3) is 0.421. The van der Waals surface area contributed by atoms with Gasteiger partial charge < -0.3 is 10.1 Å². The third-order valence-corrected chi connectivity index (χ3v) is 4.62. The van der Waals surface area contributed by atoms with Crippen molar-refractivity contribution in [2.45, 2.75) is 52.1 Å². The standard InChI is InChI=1S/C19H24N2O2/c1-11(2)8-9-12-6-5-7-13-14-10-15(18(22)23)21-19(3,4)17(14)20-16(12)13/h5-8,15,20-21H,9-10H2,1-4H3,(H,22,23)/t15-/m0/s1. The lowest BCUT2D eigenvalue weighted by Gasteiger charge is -2.35. The van der Waals surface area contributed by atoms with E-state index in [4.69, 9.17) is 0 Å². The largest absolute Gasteiger partial charge is 0.480 e. The van der Waals surface area contributed by atoms with Crippen molar-refractivity contribution < 1.29 is 9.90 Å². The highest BCUT2D eigenvalue weighted by molar-refractivity contribution is 5.89. The molecular formula is C19H24N2O2. The van der Waals surface area contributed by atoms with Gasteiger partial charge in [0.1, 0.15) is 6.04 Å². The van der Waals surface area contributed by atoms with E-state index in [-0.39, 0.29) is 5.54 Å². The van der Waals surface area contributed by atoms with Crippen LogP contribution >= 0.6 is 0 Å². The molecule has 1 aromatic heterocycles.